The Bertz CT molecular complexity index is 1380. The van der Waals surface area contributed by atoms with Crippen molar-refractivity contribution in [3.05, 3.63) is 83.6 Å². The number of imidazole rings is 1. The third kappa shape index (κ3) is 9.96. The molecule has 11 heteroatoms. The van der Waals surface area contributed by atoms with Crippen LogP contribution in [-0.2, 0) is 21.3 Å². The highest BCUT2D eigenvalue weighted by atomic mass is 35.5. The van der Waals surface area contributed by atoms with E-state index in [0.29, 0.717) is 50.5 Å². The molecule has 1 saturated heterocycles. The van der Waals surface area contributed by atoms with E-state index in [4.69, 9.17) is 21.1 Å². The van der Waals surface area contributed by atoms with Crippen LogP contribution < -0.4 is 10.6 Å². The Morgan fingerprint density at radius 1 is 1.17 bits per heavy atom. The van der Waals surface area contributed by atoms with Crippen molar-refractivity contribution in [3.8, 4) is 0 Å². The zero-order valence-electron chi connectivity index (χ0n) is 30.4. The fourth-order valence-corrected chi connectivity index (χ4v) is 6.18. The Kier molecular flexibility index (Phi) is 16.4. The van der Waals surface area contributed by atoms with Crippen molar-refractivity contribution in [1.29, 1.82) is 0 Å². The minimum absolute atomic E-state index is 0.0222. The maximum atomic E-state index is 13.8. The zero-order chi connectivity index (χ0) is 36.0. The molecular weight excluding hydrogens is 628 g/mol. The van der Waals surface area contributed by atoms with Gasteiger partial charge in [0.15, 0.2) is 0 Å². The number of ether oxygens (including phenoxy) is 2. The number of rotatable bonds is 10. The summed E-state index contributed by atoms with van der Waals surface area (Å²) in [6, 6.07) is 5.47. The number of carbonyl (C=O) groups excluding carboxylic acids is 2. The molecule has 4 rings (SSSR count). The van der Waals surface area contributed by atoms with Gasteiger partial charge in [-0.05, 0) is 68.1 Å². The number of aryl methyl sites for hydroxylation is 1. The lowest BCUT2D eigenvalue weighted by Gasteiger charge is -2.39. The second-order valence-electron chi connectivity index (χ2n) is 11.9. The largest absolute Gasteiger partial charge is 0.447 e. The van der Waals surface area contributed by atoms with Crippen molar-refractivity contribution in [2.75, 3.05) is 40.3 Å². The van der Waals surface area contributed by atoms with Gasteiger partial charge in [-0.3, -0.25) is 9.69 Å². The molecule has 266 valence electrons. The second kappa shape index (κ2) is 19.4. The van der Waals surface area contributed by atoms with Crippen molar-refractivity contribution < 1.29 is 19.1 Å². The molecule has 48 heavy (non-hydrogen) atoms. The second-order valence-corrected chi connectivity index (χ2v) is 12.3. The molecular formula is C37H57ClN6O4. The number of methoxy groups -OCH3 is 1. The smallest absolute Gasteiger partial charge is 0.410 e. The Morgan fingerprint density at radius 3 is 2.29 bits per heavy atom. The van der Waals surface area contributed by atoms with Crippen LogP contribution >= 0.6 is 11.6 Å². The molecule has 0 bridgehead atoms. The van der Waals surface area contributed by atoms with Crippen LogP contribution in [-0.4, -0.2) is 83.4 Å². The maximum absolute atomic E-state index is 13.8. The van der Waals surface area contributed by atoms with Gasteiger partial charge in [0, 0.05) is 58.4 Å². The first-order valence-corrected chi connectivity index (χ1v) is 17.3. The molecule has 1 fully saturated rings. The molecule has 1 aromatic carbocycles. The van der Waals surface area contributed by atoms with Crippen LogP contribution in [0.25, 0.3) is 5.57 Å². The van der Waals surface area contributed by atoms with Crippen LogP contribution in [0.2, 0.25) is 5.02 Å². The number of fused-ring (bicyclic) bond motifs is 1. The molecule has 10 nitrogen and oxygen atoms in total. The van der Waals surface area contributed by atoms with Crippen LogP contribution in [0.4, 0.5) is 4.79 Å². The first kappa shape index (κ1) is 40.6. The van der Waals surface area contributed by atoms with E-state index in [1.54, 1.807) is 30.7 Å². The molecule has 0 saturated carbocycles. The highest BCUT2D eigenvalue weighted by Gasteiger charge is 2.39. The van der Waals surface area contributed by atoms with E-state index in [9.17, 15) is 9.59 Å². The lowest BCUT2D eigenvalue weighted by atomic mass is 9.89. The number of benzene rings is 1. The van der Waals surface area contributed by atoms with Gasteiger partial charge in [-0.15, -0.1) is 0 Å². The molecule has 0 radical (unpaired) electrons. The zero-order valence-corrected chi connectivity index (χ0v) is 31.2. The number of aromatic nitrogens is 2. The summed E-state index contributed by atoms with van der Waals surface area (Å²) in [5.74, 6) is -0.179. The normalized spacial score (nSPS) is 17.0. The average Bonchev–Trinajstić information content (AvgIpc) is 3.46. The summed E-state index contributed by atoms with van der Waals surface area (Å²) in [5.41, 5.74) is 3.78. The van der Waals surface area contributed by atoms with Crippen LogP contribution in [0, 0.1) is 0 Å². The molecule has 2 amide bonds. The third-order valence-corrected chi connectivity index (χ3v) is 8.97. The quantitative estimate of drug-likeness (QED) is 0.276. The van der Waals surface area contributed by atoms with E-state index < -0.39 is 11.6 Å². The van der Waals surface area contributed by atoms with Crippen LogP contribution in [0.3, 0.4) is 0 Å². The van der Waals surface area contributed by atoms with Crippen LogP contribution in [0.5, 0.6) is 0 Å². The number of nitrogens with zero attached hydrogens (tertiary/aromatic N) is 4. The lowest BCUT2D eigenvalue weighted by Crippen LogP contribution is -2.50. The first-order chi connectivity index (χ1) is 22.9. The van der Waals surface area contributed by atoms with E-state index in [-0.39, 0.29) is 24.1 Å². The molecule has 0 spiro atoms. The summed E-state index contributed by atoms with van der Waals surface area (Å²) in [7, 11) is 5.32. The number of amides is 2. The molecule has 1 aliphatic carbocycles. The Balaban J connectivity index is 0.00000124. The van der Waals surface area contributed by atoms with Gasteiger partial charge in [-0.25, -0.2) is 9.78 Å². The highest BCUT2D eigenvalue weighted by Crippen LogP contribution is 2.43. The predicted octanol–water partition coefficient (Wildman–Crippen LogP) is 7.06. The van der Waals surface area contributed by atoms with Crippen molar-refractivity contribution in [2.45, 2.75) is 84.6 Å². The average molecular weight is 685 g/mol. The third-order valence-electron chi connectivity index (χ3n) is 8.74. The molecule has 1 aromatic heterocycles. The number of carbonyl (C=O) groups is 2. The van der Waals surface area contributed by atoms with Crippen molar-refractivity contribution >= 4 is 29.2 Å². The molecule has 2 heterocycles. The first-order valence-electron chi connectivity index (χ1n) is 16.9. The summed E-state index contributed by atoms with van der Waals surface area (Å²) >= 11 is 6.62. The number of piperazine rings is 1. The minimum Gasteiger partial charge on any atom is -0.447 e. The maximum Gasteiger partial charge on any atom is 0.410 e. The van der Waals surface area contributed by atoms with Crippen molar-refractivity contribution in [2.24, 2.45) is 7.05 Å². The summed E-state index contributed by atoms with van der Waals surface area (Å²) in [4.78, 5) is 34.9. The monoisotopic (exact) mass is 684 g/mol. The fourth-order valence-electron chi connectivity index (χ4n) is 6.01. The van der Waals surface area contributed by atoms with E-state index >= 15 is 0 Å². The van der Waals surface area contributed by atoms with Crippen LogP contribution in [0.15, 0.2) is 61.7 Å². The molecule has 2 aromatic rings. The molecule has 1 aliphatic heterocycles. The van der Waals surface area contributed by atoms with Gasteiger partial charge in [0.25, 0.3) is 5.91 Å². The molecule has 2 N–H and O–H groups in total. The predicted molar refractivity (Wildman–Crippen MR) is 196 cm³/mol. The van der Waals surface area contributed by atoms with Crippen molar-refractivity contribution in [3.63, 3.8) is 0 Å². The lowest BCUT2D eigenvalue weighted by molar-refractivity contribution is -0.144. The Labute approximate surface area is 293 Å². The van der Waals surface area contributed by atoms with Gasteiger partial charge in [-0.1, -0.05) is 70.2 Å². The SMILES string of the molecule is C=C1C=C(C(NC(=O)C(CC)(CC)OC)c2cncn2C)c2cc(Cl)ccc2C(N2CCN(C(=O)OC(C)C)CC2)C1.C=CNC.CC. The summed E-state index contributed by atoms with van der Waals surface area (Å²) in [6.45, 7) is 22.0. The number of halogens is 1. The number of hydrogen-bond donors (Lipinski definition) is 2. The minimum atomic E-state index is -0.949. The van der Waals surface area contributed by atoms with Gasteiger partial charge in [0.05, 0.1) is 30.4 Å². The topological polar surface area (TPSA) is 101 Å². The van der Waals surface area contributed by atoms with Gasteiger partial charge >= 0.3 is 6.09 Å². The van der Waals surface area contributed by atoms with Gasteiger partial charge < -0.3 is 29.6 Å². The highest BCUT2D eigenvalue weighted by molar-refractivity contribution is 6.30. The Morgan fingerprint density at radius 2 is 1.79 bits per heavy atom. The van der Waals surface area contributed by atoms with Crippen molar-refractivity contribution in [1.82, 2.24) is 30.0 Å². The summed E-state index contributed by atoms with van der Waals surface area (Å²) < 4.78 is 13.1. The van der Waals surface area contributed by atoms with Gasteiger partial charge in [0.1, 0.15) is 5.60 Å². The number of allylic oxidation sites excluding steroid dienone is 1. The molecule has 2 unspecified atom stereocenters. The number of nitrogens with one attached hydrogen (secondary N) is 2. The summed E-state index contributed by atoms with van der Waals surface area (Å²) in [6.07, 6.45) is 8.57. The fraction of sp³-hybridized carbons (Fsp3) is 0.541. The molecule has 2 atom stereocenters. The van der Waals surface area contributed by atoms with E-state index in [0.717, 1.165) is 28.0 Å². The Hall–Kier alpha value is -3.60. The summed E-state index contributed by atoms with van der Waals surface area (Å²) in [5, 5.41) is 6.61. The molecule has 2 aliphatic rings. The van der Waals surface area contributed by atoms with Gasteiger partial charge in [-0.2, -0.15) is 0 Å². The van der Waals surface area contributed by atoms with E-state index in [1.165, 1.54) is 0 Å². The van der Waals surface area contributed by atoms with Crippen LogP contribution in [0.1, 0.15) is 89.7 Å². The number of hydrogen-bond acceptors (Lipinski definition) is 7. The van der Waals surface area contributed by atoms with E-state index in [1.807, 2.05) is 72.3 Å². The van der Waals surface area contributed by atoms with E-state index in [2.05, 4.69) is 45.8 Å². The van der Waals surface area contributed by atoms with Gasteiger partial charge in [0.2, 0.25) is 0 Å². The standard InChI is InChI=1S/C32H44ClN5O4.C3H7N.C2H6/c1-8-32(9-2,41-7)30(39)35-29(28-19-34-20-36(28)6)26-16-22(5)17-27(24-11-10-23(33)18-25(24)26)37-12-14-38(15-13-37)31(40)42-21(3)4;1-3-4-2;1-2/h10-11,16,18-21,27,29H,5,8-9,12-15,17H2,1-4,6-7H3,(H,35,39);3-4H,1H2,2H3;1-2H3.